The molecule has 3 nitrogen and oxygen atoms in total. The van der Waals surface area contributed by atoms with Gasteiger partial charge in [-0.3, -0.25) is 4.98 Å². The largest absolute Gasteiger partial charge is 0.385 e. The highest BCUT2D eigenvalue weighted by atomic mass is 79.9. The van der Waals surface area contributed by atoms with E-state index in [-0.39, 0.29) is 0 Å². The van der Waals surface area contributed by atoms with E-state index >= 15 is 0 Å². The van der Waals surface area contributed by atoms with E-state index in [1.54, 1.807) is 19.3 Å². The average Bonchev–Trinajstić information content (AvgIpc) is 2.06. The van der Waals surface area contributed by atoms with Crippen LogP contribution in [-0.4, -0.2) is 23.7 Å². The summed E-state index contributed by atoms with van der Waals surface area (Å²) in [4.78, 5) is 4.06. The molecule has 4 heteroatoms. The number of aliphatic hydroxyl groups excluding tert-OH is 1. The lowest BCUT2D eigenvalue weighted by molar-refractivity contribution is 0.173. The first-order chi connectivity index (χ1) is 5.74. The minimum Gasteiger partial charge on any atom is -0.385 e. The van der Waals surface area contributed by atoms with Crippen molar-refractivity contribution in [1.29, 1.82) is 0 Å². The van der Waals surface area contributed by atoms with Crippen LogP contribution in [0, 0.1) is 0 Å². The second-order valence-electron chi connectivity index (χ2n) is 2.47. The van der Waals surface area contributed by atoms with E-state index in [1.807, 2.05) is 6.07 Å². The highest BCUT2D eigenvalue weighted by molar-refractivity contribution is 9.10. The van der Waals surface area contributed by atoms with Crippen LogP contribution in [0.1, 0.15) is 11.8 Å². The third-order valence-corrected chi connectivity index (χ3v) is 1.96. The maximum Gasteiger partial charge on any atom is 0.108 e. The number of halogens is 1. The highest BCUT2D eigenvalue weighted by Gasteiger charge is 2.06. The molecule has 0 saturated heterocycles. The summed E-state index contributed by atoms with van der Waals surface area (Å²) in [5, 5.41) is 12.3. The average molecular weight is 231 g/mol. The Kier molecular flexibility index (Phi) is 3.65. The van der Waals surface area contributed by atoms with E-state index in [1.165, 1.54) is 0 Å². The predicted molar refractivity (Wildman–Crippen MR) is 50.8 cm³/mol. The van der Waals surface area contributed by atoms with Crippen LogP contribution < -0.4 is 5.32 Å². The molecule has 0 aliphatic heterocycles. The number of nitrogens with one attached hydrogen (secondary N) is 1. The topological polar surface area (TPSA) is 45.1 Å². The Balaban J connectivity index is 2.68. The second-order valence-corrected chi connectivity index (χ2v) is 3.39. The van der Waals surface area contributed by atoms with Gasteiger partial charge in [0, 0.05) is 17.2 Å². The van der Waals surface area contributed by atoms with Gasteiger partial charge in [-0.2, -0.15) is 0 Å². The molecule has 1 unspecified atom stereocenters. The van der Waals surface area contributed by atoms with E-state index in [4.69, 9.17) is 0 Å². The van der Waals surface area contributed by atoms with Crippen molar-refractivity contribution < 1.29 is 5.11 Å². The molecule has 0 aromatic carbocycles. The summed E-state index contributed by atoms with van der Waals surface area (Å²) in [7, 11) is 1.79. The van der Waals surface area contributed by atoms with Crippen LogP contribution in [-0.2, 0) is 0 Å². The zero-order valence-corrected chi connectivity index (χ0v) is 8.37. The lowest BCUT2D eigenvalue weighted by Crippen LogP contribution is -2.17. The first-order valence-electron chi connectivity index (χ1n) is 3.68. The minimum atomic E-state index is -0.525. The Labute approximate surface area is 80.0 Å². The Hall–Kier alpha value is -0.450. The molecular formula is C8H11BrN2O. The van der Waals surface area contributed by atoms with E-state index < -0.39 is 6.10 Å². The van der Waals surface area contributed by atoms with Gasteiger partial charge < -0.3 is 10.4 Å². The normalized spacial score (nSPS) is 12.9. The third kappa shape index (κ3) is 2.55. The molecule has 0 amide bonds. The van der Waals surface area contributed by atoms with Crippen molar-refractivity contribution in [2.45, 2.75) is 6.10 Å². The molecule has 66 valence electrons. The Morgan fingerprint density at radius 2 is 2.42 bits per heavy atom. The molecule has 0 fully saturated rings. The predicted octanol–water partition coefficient (Wildman–Crippen LogP) is 1.10. The van der Waals surface area contributed by atoms with Crippen LogP contribution in [0.4, 0.5) is 0 Å². The fourth-order valence-electron chi connectivity index (χ4n) is 0.882. The fourth-order valence-corrected chi connectivity index (χ4v) is 1.12. The maximum absolute atomic E-state index is 9.47. The van der Waals surface area contributed by atoms with Gasteiger partial charge in [-0.05, 0) is 35.1 Å². The Bertz CT molecular complexity index is 237. The SMILES string of the molecule is CNCC(O)c1ccc(Br)cn1. The van der Waals surface area contributed by atoms with E-state index in [2.05, 4.69) is 26.2 Å². The van der Waals surface area contributed by atoms with Crippen LogP contribution in [0.5, 0.6) is 0 Å². The second kappa shape index (κ2) is 4.54. The number of rotatable bonds is 3. The molecule has 0 spiro atoms. The Morgan fingerprint density at radius 1 is 1.67 bits per heavy atom. The number of pyridine rings is 1. The zero-order chi connectivity index (χ0) is 8.97. The lowest BCUT2D eigenvalue weighted by Gasteiger charge is -2.08. The van der Waals surface area contributed by atoms with Gasteiger partial charge in [-0.25, -0.2) is 0 Å². The molecule has 0 bridgehead atoms. The van der Waals surface area contributed by atoms with Crippen molar-refractivity contribution in [2.75, 3.05) is 13.6 Å². The van der Waals surface area contributed by atoms with Gasteiger partial charge in [0.25, 0.3) is 0 Å². The van der Waals surface area contributed by atoms with Crippen molar-refractivity contribution in [3.63, 3.8) is 0 Å². The summed E-state index contributed by atoms with van der Waals surface area (Å²) in [5.74, 6) is 0. The van der Waals surface area contributed by atoms with Crippen molar-refractivity contribution in [1.82, 2.24) is 10.3 Å². The molecule has 1 atom stereocenters. The quantitative estimate of drug-likeness (QED) is 0.818. The van der Waals surface area contributed by atoms with Gasteiger partial charge in [0.1, 0.15) is 6.10 Å². The molecule has 0 aliphatic rings. The van der Waals surface area contributed by atoms with E-state index in [0.29, 0.717) is 12.2 Å². The summed E-state index contributed by atoms with van der Waals surface area (Å²) >= 11 is 3.27. The van der Waals surface area contributed by atoms with Crippen LogP contribution in [0.3, 0.4) is 0 Å². The lowest BCUT2D eigenvalue weighted by atomic mass is 10.2. The van der Waals surface area contributed by atoms with E-state index in [9.17, 15) is 5.11 Å². The number of aliphatic hydroxyl groups is 1. The summed E-state index contributed by atoms with van der Waals surface area (Å²) < 4.78 is 0.919. The highest BCUT2D eigenvalue weighted by Crippen LogP contribution is 2.12. The van der Waals surface area contributed by atoms with Crippen molar-refractivity contribution in [3.8, 4) is 0 Å². The molecule has 1 rings (SSSR count). The van der Waals surface area contributed by atoms with Crippen LogP contribution in [0.2, 0.25) is 0 Å². The van der Waals surface area contributed by atoms with Crippen molar-refractivity contribution in [2.24, 2.45) is 0 Å². The van der Waals surface area contributed by atoms with Gasteiger partial charge in [0.2, 0.25) is 0 Å². The standard InChI is InChI=1S/C8H11BrN2O/c1-10-5-8(12)7-3-2-6(9)4-11-7/h2-4,8,10,12H,5H2,1H3. The molecule has 12 heavy (non-hydrogen) atoms. The summed E-state index contributed by atoms with van der Waals surface area (Å²) in [6.45, 7) is 0.522. The van der Waals surface area contributed by atoms with Gasteiger partial charge in [0.05, 0.1) is 5.69 Å². The molecule has 0 radical (unpaired) electrons. The summed E-state index contributed by atoms with van der Waals surface area (Å²) in [5.41, 5.74) is 0.688. The monoisotopic (exact) mass is 230 g/mol. The van der Waals surface area contributed by atoms with Gasteiger partial charge in [0.15, 0.2) is 0 Å². The molecule has 2 N–H and O–H groups in total. The Morgan fingerprint density at radius 3 is 2.92 bits per heavy atom. The number of nitrogens with zero attached hydrogens (tertiary/aromatic N) is 1. The first-order valence-corrected chi connectivity index (χ1v) is 4.47. The fraction of sp³-hybridized carbons (Fsp3) is 0.375. The number of hydrogen-bond donors (Lipinski definition) is 2. The van der Waals surface area contributed by atoms with Crippen LogP contribution in [0.25, 0.3) is 0 Å². The van der Waals surface area contributed by atoms with Gasteiger partial charge in [-0.1, -0.05) is 0 Å². The molecule has 1 aromatic rings. The molecule has 0 saturated carbocycles. The summed E-state index contributed by atoms with van der Waals surface area (Å²) in [6.07, 6.45) is 1.15. The van der Waals surface area contributed by atoms with Gasteiger partial charge >= 0.3 is 0 Å². The number of hydrogen-bond acceptors (Lipinski definition) is 3. The summed E-state index contributed by atoms with van der Waals surface area (Å²) in [6, 6.07) is 3.66. The number of likely N-dealkylation sites (N-methyl/N-ethyl adjacent to an activating group) is 1. The van der Waals surface area contributed by atoms with Crippen molar-refractivity contribution >= 4 is 15.9 Å². The molecule has 0 aliphatic carbocycles. The molecule has 1 heterocycles. The first kappa shape index (κ1) is 9.64. The minimum absolute atomic E-state index is 0.522. The van der Waals surface area contributed by atoms with Crippen LogP contribution >= 0.6 is 15.9 Å². The number of aromatic nitrogens is 1. The third-order valence-electron chi connectivity index (χ3n) is 1.49. The zero-order valence-electron chi connectivity index (χ0n) is 6.79. The van der Waals surface area contributed by atoms with E-state index in [0.717, 1.165) is 4.47 Å². The van der Waals surface area contributed by atoms with Crippen LogP contribution in [0.15, 0.2) is 22.8 Å². The van der Waals surface area contributed by atoms with Crippen molar-refractivity contribution in [3.05, 3.63) is 28.5 Å². The maximum atomic E-state index is 9.47. The molecule has 1 aromatic heterocycles. The molecular weight excluding hydrogens is 220 g/mol. The smallest absolute Gasteiger partial charge is 0.108 e. The van der Waals surface area contributed by atoms with Gasteiger partial charge in [-0.15, -0.1) is 0 Å².